The van der Waals surface area contributed by atoms with E-state index in [1.54, 1.807) is 0 Å². The number of carbonyl (C=O) groups excluding carboxylic acids is 2. The number of hydrogen-bond donors (Lipinski definition) is 0. The molecule has 0 aliphatic rings. The molecule has 0 radical (unpaired) electrons. The summed E-state index contributed by atoms with van der Waals surface area (Å²) >= 11 is 0. The maximum Gasteiger partial charge on any atom is 0.228 e. The van der Waals surface area contributed by atoms with Crippen molar-refractivity contribution in [3.05, 3.63) is 35.4 Å². The van der Waals surface area contributed by atoms with Gasteiger partial charge in [-0.2, -0.15) is 0 Å². The summed E-state index contributed by atoms with van der Waals surface area (Å²) in [5, 5.41) is 0. The fourth-order valence-electron chi connectivity index (χ4n) is 0.888. The molecule has 1 aromatic rings. The van der Waals surface area contributed by atoms with Crippen LogP contribution < -0.4 is 0 Å². The second-order valence-electron chi connectivity index (χ2n) is 2.54. The van der Waals surface area contributed by atoms with E-state index in [1.807, 2.05) is 0 Å². The highest BCUT2D eigenvalue weighted by atomic mass is 19.1. The maximum absolute atomic E-state index is 12.5. The van der Waals surface area contributed by atoms with Crippen molar-refractivity contribution >= 4 is 11.6 Å². The van der Waals surface area contributed by atoms with Crippen LogP contribution in [-0.4, -0.2) is 11.6 Å². The molecule has 0 aliphatic heterocycles. The zero-order chi connectivity index (χ0) is 10.0. The molecule has 0 saturated carbocycles. The first-order valence-corrected chi connectivity index (χ1v) is 3.52. The van der Waals surface area contributed by atoms with Crippen molar-refractivity contribution in [1.82, 2.24) is 0 Å². The molecule has 0 saturated heterocycles. The van der Waals surface area contributed by atoms with Crippen molar-refractivity contribution < 1.29 is 18.4 Å². The lowest BCUT2D eigenvalue weighted by Crippen LogP contribution is -2.10. The molecule has 4 heteroatoms. The second-order valence-corrected chi connectivity index (χ2v) is 2.54. The van der Waals surface area contributed by atoms with Gasteiger partial charge >= 0.3 is 0 Å². The van der Waals surface area contributed by atoms with Gasteiger partial charge in [0.05, 0.1) is 0 Å². The predicted molar refractivity (Wildman–Crippen MR) is 41.4 cm³/mol. The topological polar surface area (TPSA) is 34.1 Å². The molecule has 0 heterocycles. The molecule has 13 heavy (non-hydrogen) atoms. The molecule has 1 rings (SSSR count). The molecule has 0 spiro atoms. The smallest absolute Gasteiger partial charge is 0.228 e. The number of carbonyl (C=O) groups is 2. The zero-order valence-electron chi connectivity index (χ0n) is 6.80. The Labute approximate surface area is 73.2 Å². The summed E-state index contributed by atoms with van der Waals surface area (Å²) in [6.45, 7) is 1.05. The molecule has 0 N–H and O–H groups in total. The molecule has 0 atom stereocenters. The van der Waals surface area contributed by atoms with E-state index in [1.165, 1.54) is 0 Å². The van der Waals surface area contributed by atoms with Crippen LogP contribution >= 0.6 is 0 Å². The maximum atomic E-state index is 12.5. The van der Waals surface area contributed by atoms with Gasteiger partial charge in [-0.1, -0.05) is 0 Å². The molecule has 0 amide bonds. The van der Waals surface area contributed by atoms with E-state index in [4.69, 9.17) is 0 Å². The van der Waals surface area contributed by atoms with E-state index in [0.29, 0.717) is 6.07 Å². The van der Waals surface area contributed by atoms with Crippen LogP contribution in [0.4, 0.5) is 8.78 Å². The van der Waals surface area contributed by atoms with Crippen molar-refractivity contribution in [2.24, 2.45) is 0 Å². The first kappa shape index (κ1) is 9.51. The molecule has 0 aromatic heterocycles. The highest BCUT2D eigenvalue weighted by Gasteiger charge is 2.12. The van der Waals surface area contributed by atoms with Gasteiger partial charge in [-0.15, -0.1) is 0 Å². The van der Waals surface area contributed by atoms with Gasteiger partial charge in [0.1, 0.15) is 11.6 Å². The first-order valence-electron chi connectivity index (χ1n) is 3.52. The number of ketones is 2. The summed E-state index contributed by atoms with van der Waals surface area (Å²) in [7, 11) is 0. The normalized spacial score (nSPS) is 9.77. The second kappa shape index (κ2) is 3.43. The van der Waals surface area contributed by atoms with Gasteiger partial charge in [-0.3, -0.25) is 9.59 Å². The van der Waals surface area contributed by atoms with Gasteiger partial charge in [0.15, 0.2) is 5.78 Å². The van der Waals surface area contributed by atoms with Gasteiger partial charge < -0.3 is 0 Å². The lowest BCUT2D eigenvalue weighted by molar-refractivity contribution is -0.113. The Bertz CT molecular complexity index is 352. The first-order chi connectivity index (χ1) is 6.00. The van der Waals surface area contributed by atoms with Gasteiger partial charge in [-0.05, 0) is 12.1 Å². The Morgan fingerprint density at radius 2 is 1.54 bits per heavy atom. The zero-order valence-corrected chi connectivity index (χ0v) is 6.80. The lowest BCUT2D eigenvalue weighted by Gasteiger charge is -1.97. The van der Waals surface area contributed by atoms with Crippen LogP contribution in [0.25, 0.3) is 0 Å². The number of rotatable bonds is 2. The fraction of sp³-hybridized carbons (Fsp3) is 0.111. The van der Waals surface area contributed by atoms with E-state index >= 15 is 0 Å². The van der Waals surface area contributed by atoms with E-state index < -0.39 is 23.2 Å². The number of Topliss-reactive ketones (excluding diaryl/α,β-unsaturated/α-hetero) is 2. The summed E-state index contributed by atoms with van der Waals surface area (Å²) in [6.07, 6.45) is 0. The standard InChI is InChI=1S/C9H6F2O2/c1-5(12)9(13)6-2-7(10)4-8(11)3-6/h2-4H,1H3. The average Bonchev–Trinajstić information content (AvgIpc) is 2.01. The van der Waals surface area contributed by atoms with Gasteiger partial charge in [0.2, 0.25) is 5.78 Å². The van der Waals surface area contributed by atoms with Crippen LogP contribution in [0, 0.1) is 11.6 Å². The number of hydrogen-bond acceptors (Lipinski definition) is 2. The minimum absolute atomic E-state index is 0.259. The average molecular weight is 184 g/mol. The third-order valence-corrected chi connectivity index (χ3v) is 1.44. The summed E-state index contributed by atoms with van der Waals surface area (Å²) in [4.78, 5) is 21.5. The Kier molecular flexibility index (Phi) is 2.51. The molecule has 0 fully saturated rings. The van der Waals surface area contributed by atoms with Crippen molar-refractivity contribution in [3.8, 4) is 0 Å². The highest BCUT2D eigenvalue weighted by molar-refractivity contribution is 6.42. The van der Waals surface area contributed by atoms with Gasteiger partial charge in [-0.25, -0.2) is 8.78 Å². The summed E-state index contributed by atoms with van der Waals surface area (Å²) < 4.78 is 25.1. The van der Waals surface area contributed by atoms with Crippen molar-refractivity contribution in [2.75, 3.05) is 0 Å². The number of halogens is 2. The monoisotopic (exact) mass is 184 g/mol. The third kappa shape index (κ3) is 2.18. The molecule has 1 aromatic carbocycles. The largest absolute Gasteiger partial charge is 0.291 e. The van der Waals surface area contributed by atoms with Crippen molar-refractivity contribution in [3.63, 3.8) is 0 Å². The van der Waals surface area contributed by atoms with Crippen molar-refractivity contribution in [2.45, 2.75) is 6.92 Å². The van der Waals surface area contributed by atoms with E-state index in [9.17, 15) is 18.4 Å². The quantitative estimate of drug-likeness (QED) is 0.518. The summed E-state index contributed by atoms with van der Waals surface area (Å²) in [6, 6.07) is 2.29. The van der Waals surface area contributed by atoms with Crippen LogP contribution in [0.1, 0.15) is 17.3 Å². The SMILES string of the molecule is CC(=O)C(=O)c1cc(F)cc(F)c1. The van der Waals surface area contributed by atoms with Crippen LogP contribution in [0.2, 0.25) is 0 Å². The van der Waals surface area contributed by atoms with Crippen LogP contribution in [-0.2, 0) is 4.79 Å². The fourth-order valence-corrected chi connectivity index (χ4v) is 0.888. The third-order valence-electron chi connectivity index (χ3n) is 1.44. The van der Waals surface area contributed by atoms with Crippen LogP contribution in [0.5, 0.6) is 0 Å². The molecule has 68 valence electrons. The summed E-state index contributed by atoms with van der Waals surface area (Å²) in [5.74, 6) is -3.38. The molecule has 0 aliphatic carbocycles. The lowest BCUT2D eigenvalue weighted by atomic mass is 10.1. The Morgan fingerprint density at radius 3 is 1.92 bits per heavy atom. The summed E-state index contributed by atoms with van der Waals surface area (Å²) in [5.41, 5.74) is -0.259. The molecule has 0 unspecified atom stereocenters. The van der Waals surface area contributed by atoms with Crippen LogP contribution in [0.15, 0.2) is 18.2 Å². The van der Waals surface area contributed by atoms with E-state index in [-0.39, 0.29) is 5.56 Å². The van der Waals surface area contributed by atoms with Gasteiger partial charge in [0, 0.05) is 18.6 Å². The van der Waals surface area contributed by atoms with Crippen LogP contribution in [0.3, 0.4) is 0 Å². The van der Waals surface area contributed by atoms with E-state index in [0.717, 1.165) is 19.1 Å². The molecule has 2 nitrogen and oxygen atoms in total. The molecular formula is C9H6F2O2. The number of benzene rings is 1. The Hall–Kier alpha value is -1.58. The Balaban J connectivity index is 3.15. The van der Waals surface area contributed by atoms with E-state index in [2.05, 4.69) is 0 Å². The predicted octanol–water partition coefficient (Wildman–Crippen LogP) is 1.74. The van der Waals surface area contributed by atoms with Crippen molar-refractivity contribution in [1.29, 1.82) is 0 Å². The minimum Gasteiger partial charge on any atom is -0.291 e. The van der Waals surface area contributed by atoms with Gasteiger partial charge in [0.25, 0.3) is 0 Å². The molecule has 0 bridgehead atoms. The Morgan fingerprint density at radius 1 is 1.08 bits per heavy atom. The highest BCUT2D eigenvalue weighted by Crippen LogP contribution is 2.08. The molecular weight excluding hydrogens is 178 g/mol. The minimum atomic E-state index is -0.890.